The summed E-state index contributed by atoms with van der Waals surface area (Å²) in [5.41, 5.74) is 7.04. The van der Waals surface area contributed by atoms with Crippen molar-refractivity contribution in [1.29, 1.82) is 0 Å². The van der Waals surface area contributed by atoms with Crippen LogP contribution in [-0.2, 0) is 4.79 Å². The number of carbonyl (C=O) groups is 1. The van der Waals surface area contributed by atoms with Crippen LogP contribution in [-0.4, -0.2) is 5.91 Å². The fourth-order valence-electron chi connectivity index (χ4n) is 1.35. The van der Waals surface area contributed by atoms with Crippen molar-refractivity contribution in [2.75, 3.05) is 11.1 Å². The molecule has 0 atom stereocenters. The Balaban J connectivity index is 2.72. The molecule has 0 radical (unpaired) electrons. The zero-order valence-electron chi connectivity index (χ0n) is 9.89. The molecule has 0 aliphatic carbocycles. The lowest BCUT2D eigenvalue weighted by atomic mass is 10.1. The standard InChI is InChI=1S/C12H16Br2N2O/c1-7(2)3-4-11(17)16-12-9(14)5-8(13)6-10(12)15/h5-7H,3-4,15H2,1-2H3,(H,16,17). The summed E-state index contributed by atoms with van der Waals surface area (Å²) in [6.07, 6.45) is 1.39. The molecule has 1 aromatic carbocycles. The highest BCUT2D eigenvalue weighted by Gasteiger charge is 2.10. The Morgan fingerprint density at radius 3 is 2.59 bits per heavy atom. The van der Waals surface area contributed by atoms with Crippen LogP contribution in [0, 0.1) is 5.92 Å². The fourth-order valence-corrected chi connectivity index (χ4v) is 2.70. The Morgan fingerprint density at radius 1 is 1.41 bits per heavy atom. The number of nitrogens with one attached hydrogen (secondary N) is 1. The van der Waals surface area contributed by atoms with Crippen LogP contribution in [0.1, 0.15) is 26.7 Å². The van der Waals surface area contributed by atoms with Crippen molar-refractivity contribution in [2.45, 2.75) is 26.7 Å². The van der Waals surface area contributed by atoms with E-state index in [-0.39, 0.29) is 5.91 Å². The minimum absolute atomic E-state index is 0.00609. The van der Waals surface area contributed by atoms with Gasteiger partial charge < -0.3 is 11.1 Å². The molecular weight excluding hydrogens is 348 g/mol. The summed E-state index contributed by atoms with van der Waals surface area (Å²) in [6, 6.07) is 3.62. The lowest BCUT2D eigenvalue weighted by molar-refractivity contribution is -0.116. The van der Waals surface area contributed by atoms with Gasteiger partial charge in [-0.25, -0.2) is 0 Å². The molecule has 17 heavy (non-hydrogen) atoms. The molecule has 3 N–H and O–H groups in total. The Kier molecular flexibility index (Phi) is 5.46. The lowest BCUT2D eigenvalue weighted by Crippen LogP contribution is -2.14. The quantitative estimate of drug-likeness (QED) is 0.788. The van der Waals surface area contributed by atoms with Crippen LogP contribution < -0.4 is 11.1 Å². The largest absolute Gasteiger partial charge is 0.397 e. The van der Waals surface area contributed by atoms with Gasteiger partial charge in [0.15, 0.2) is 0 Å². The molecule has 0 saturated heterocycles. The van der Waals surface area contributed by atoms with E-state index >= 15 is 0 Å². The molecule has 0 unspecified atom stereocenters. The molecule has 5 heteroatoms. The second-order valence-corrected chi connectivity index (χ2v) is 6.10. The third-order valence-corrected chi connectivity index (χ3v) is 3.38. The van der Waals surface area contributed by atoms with E-state index in [1.165, 1.54) is 0 Å². The van der Waals surface area contributed by atoms with Gasteiger partial charge in [-0.1, -0.05) is 29.8 Å². The molecule has 3 nitrogen and oxygen atoms in total. The fraction of sp³-hybridized carbons (Fsp3) is 0.417. The highest BCUT2D eigenvalue weighted by Crippen LogP contribution is 2.32. The van der Waals surface area contributed by atoms with Crippen molar-refractivity contribution in [3.05, 3.63) is 21.1 Å². The number of nitrogens with two attached hydrogens (primary N) is 1. The molecule has 1 amide bonds. The molecule has 0 fully saturated rings. The summed E-state index contributed by atoms with van der Waals surface area (Å²) in [7, 11) is 0. The Labute approximate surface area is 118 Å². The number of nitrogen functional groups attached to an aromatic ring is 1. The van der Waals surface area contributed by atoms with Crippen molar-refractivity contribution < 1.29 is 4.79 Å². The van der Waals surface area contributed by atoms with Gasteiger partial charge in [0, 0.05) is 15.4 Å². The zero-order valence-corrected chi connectivity index (χ0v) is 13.1. The maximum Gasteiger partial charge on any atom is 0.224 e. The minimum atomic E-state index is -0.00609. The first-order chi connectivity index (χ1) is 7.90. The van der Waals surface area contributed by atoms with Gasteiger partial charge >= 0.3 is 0 Å². The predicted octanol–water partition coefficient (Wildman–Crippen LogP) is 4.17. The minimum Gasteiger partial charge on any atom is -0.397 e. The van der Waals surface area contributed by atoms with Crippen molar-refractivity contribution >= 4 is 49.1 Å². The molecule has 0 aliphatic rings. The zero-order chi connectivity index (χ0) is 13.0. The Morgan fingerprint density at radius 2 is 2.06 bits per heavy atom. The first kappa shape index (κ1) is 14.5. The Bertz CT molecular complexity index is 396. The van der Waals surface area contributed by atoms with E-state index in [0.717, 1.165) is 15.4 Å². The van der Waals surface area contributed by atoms with E-state index in [1.54, 1.807) is 6.07 Å². The third kappa shape index (κ3) is 4.68. The van der Waals surface area contributed by atoms with Crippen molar-refractivity contribution in [2.24, 2.45) is 5.92 Å². The summed E-state index contributed by atoms with van der Waals surface area (Å²) in [5, 5.41) is 2.83. The molecule has 0 heterocycles. The summed E-state index contributed by atoms with van der Waals surface area (Å²) >= 11 is 6.72. The van der Waals surface area contributed by atoms with E-state index in [4.69, 9.17) is 5.73 Å². The average molecular weight is 364 g/mol. The molecule has 0 spiro atoms. The summed E-state index contributed by atoms with van der Waals surface area (Å²) in [6.45, 7) is 4.19. The van der Waals surface area contributed by atoms with Gasteiger partial charge in [0.1, 0.15) is 0 Å². The molecule has 0 aliphatic heterocycles. The molecule has 0 saturated carbocycles. The van der Waals surface area contributed by atoms with Gasteiger partial charge in [-0.05, 0) is 40.4 Å². The molecule has 1 aromatic rings. The average Bonchev–Trinajstić information content (AvgIpc) is 2.20. The normalized spacial score (nSPS) is 10.6. The molecule has 94 valence electrons. The summed E-state index contributed by atoms with van der Waals surface area (Å²) in [5.74, 6) is 0.514. The van der Waals surface area contributed by atoms with Gasteiger partial charge in [-0.2, -0.15) is 0 Å². The van der Waals surface area contributed by atoms with E-state index in [0.29, 0.717) is 23.7 Å². The van der Waals surface area contributed by atoms with Gasteiger partial charge in [0.2, 0.25) is 5.91 Å². The number of rotatable bonds is 4. The highest BCUT2D eigenvalue weighted by molar-refractivity contribution is 9.11. The van der Waals surface area contributed by atoms with Crippen LogP contribution >= 0.6 is 31.9 Å². The molecule has 0 bridgehead atoms. The van der Waals surface area contributed by atoms with Crippen molar-refractivity contribution in [1.82, 2.24) is 0 Å². The van der Waals surface area contributed by atoms with E-state index in [1.807, 2.05) is 6.07 Å². The van der Waals surface area contributed by atoms with Crippen molar-refractivity contribution in [3.63, 3.8) is 0 Å². The van der Waals surface area contributed by atoms with Crippen LogP contribution in [0.15, 0.2) is 21.1 Å². The van der Waals surface area contributed by atoms with Crippen LogP contribution in [0.5, 0.6) is 0 Å². The topological polar surface area (TPSA) is 55.1 Å². The second-order valence-electron chi connectivity index (χ2n) is 4.33. The number of anilines is 2. The first-order valence-electron chi connectivity index (χ1n) is 5.44. The van der Waals surface area contributed by atoms with Crippen LogP contribution in [0.25, 0.3) is 0 Å². The monoisotopic (exact) mass is 362 g/mol. The number of hydrogen-bond donors (Lipinski definition) is 2. The first-order valence-corrected chi connectivity index (χ1v) is 7.03. The number of carbonyl (C=O) groups excluding carboxylic acids is 1. The number of amides is 1. The predicted molar refractivity (Wildman–Crippen MR) is 79.0 cm³/mol. The number of benzene rings is 1. The highest BCUT2D eigenvalue weighted by atomic mass is 79.9. The smallest absolute Gasteiger partial charge is 0.224 e. The van der Waals surface area contributed by atoms with E-state index in [2.05, 4.69) is 51.0 Å². The van der Waals surface area contributed by atoms with Crippen LogP contribution in [0.3, 0.4) is 0 Å². The van der Waals surface area contributed by atoms with E-state index < -0.39 is 0 Å². The SMILES string of the molecule is CC(C)CCC(=O)Nc1c(N)cc(Br)cc1Br. The second kappa shape index (κ2) is 6.40. The maximum absolute atomic E-state index is 11.7. The number of halogens is 2. The maximum atomic E-state index is 11.7. The van der Waals surface area contributed by atoms with Gasteiger partial charge in [0.25, 0.3) is 0 Å². The lowest BCUT2D eigenvalue weighted by Gasteiger charge is -2.11. The molecule has 1 rings (SSSR count). The number of hydrogen-bond acceptors (Lipinski definition) is 2. The van der Waals surface area contributed by atoms with E-state index in [9.17, 15) is 4.79 Å². The van der Waals surface area contributed by atoms with Gasteiger partial charge in [-0.15, -0.1) is 0 Å². The van der Waals surface area contributed by atoms with Crippen LogP contribution in [0.2, 0.25) is 0 Å². The van der Waals surface area contributed by atoms with Crippen LogP contribution in [0.4, 0.5) is 11.4 Å². The Hall–Kier alpha value is -0.550. The van der Waals surface area contributed by atoms with Gasteiger partial charge in [-0.3, -0.25) is 4.79 Å². The van der Waals surface area contributed by atoms with Gasteiger partial charge in [0.05, 0.1) is 11.4 Å². The third-order valence-electron chi connectivity index (χ3n) is 2.30. The molecular formula is C12H16Br2N2O. The summed E-state index contributed by atoms with van der Waals surface area (Å²) in [4.78, 5) is 11.7. The van der Waals surface area contributed by atoms with Crippen molar-refractivity contribution in [3.8, 4) is 0 Å². The molecule has 0 aromatic heterocycles. The summed E-state index contributed by atoms with van der Waals surface area (Å²) < 4.78 is 1.66.